The smallest absolute Gasteiger partial charge is 0.262 e. The molecule has 0 aliphatic carbocycles. The first-order chi connectivity index (χ1) is 14.8. The lowest BCUT2D eigenvalue weighted by Gasteiger charge is -2.35. The van der Waals surface area contributed by atoms with Gasteiger partial charge >= 0.3 is 0 Å². The molecule has 0 radical (unpaired) electrons. The molecule has 2 amide bonds. The molecule has 2 aromatic heterocycles. The molecular weight excluding hydrogens is 436 g/mol. The monoisotopic (exact) mass is 460 g/mol. The maximum atomic E-state index is 13.4. The number of H-pyrrole nitrogens is 1. The van der Waals surface area contributed by atoms with Crippen molar-refractivity contribution in [2.24, 2.45) is 0 Å². The van der Waals surface area contributed by atoms with E-state index in [0.717, 1.165) is 16.5 Å². The number of nitrogens with one attached hydrogen (secondary N) is 2. The van der Waals surface area contributed by atoms with Gasteiger partial charge in [0, 0.05) is 49.7 Å². The second kappa shape index (κ2) is 8.81. The number of nitrogens with zero attached hydrogens (tertiary/aromatic N) is 2. The number of rotatable bonds is 6. The van der Waals surface area contributed by atoms with Crippen molar-refractivity contribution in [1.29, 1.82) is 0 Å². The second-order valence-electron chi connectivity index (χ2n) is 7.55. The number of para-hydroxylation sites is 1. The van der Waals surface area contributed by atoms with Gasteiger partial charge in [-0.1, -0.05) is 24.3 Å². The minimum Gasteiger partial charge on any atom is -0.361 e. The third kappa shape index (κ3) is 4.81. The number of amides is 2. The quantitative estimate of drug-likeness (QED) is 0.584. The van der Waals surface area contributed by atoms with Crippen LogP contribution in [0.5, 0.6) is 0 Å². The molecule has 1 aliphatic heterocycles. The van der Waals surface area contributed by atoms with E-state index in [1.54, 1.807) is 17.0 Å². The zero-order chi connectivity index (χ0) is 22.0. The zero-order valence-corrected chi connectivity index (χ0v) is 18.7. The normalized spacial score (nSPS) is 16.4. The molecule has 8 nitrogen and oxygen atoms in total. The van der Waals surface area contributed by atoms with Crippen LogP contribution in [0.25, 0.3) is 10.9 Å². The maximum Gasteiger partial charge on any atom is 0.262 e. The van der Waals surface area contributed by atoms with Crippen molar-refractivity contribution < 1.29 is 18.0 Å². The molecule has 164 valence electrons. The first-order valence-corrected chi connectivity index (χ1v) is 12.7. The fourth-order valence-electron chi connectivity index (χ4n) is 3.82. The van der Waals surface area contributed by atoms with Crippen LogP contribution in [0.1, 0.15) is 15.2 Å². The summed E-state index contributed by atoms with van der Waals surface area (Å²) in [4.78, 5) is 31.5. The number of benzene rings is 1. The Labute approximate surface area is 184 Å². The van der Waals surface area contributed by atoms with Crippen LogP contribution in [0.2, 0.25) is 0 Å². The Morgan fingerprint density at radius 1 is 1.13 bits per heavy atom. The van der Waals surface area contributed by atoms with Gasteiger partial charge in [-0.15, -0.1) is 11.3 Å². The zero-order valence-electron chi connectivity index (χ0n) is 17.1. The van der Waals surface area contributed by atoms with E-state index < -0.39 is 16.1 Å². The molecule has 1 fully saturated rings. The number of aromatic nitrogens is 1. The highest BCUT2D eigenvalue weighted by molar-refractivity contribution is 7.88. The van der Waals surface area contributed by atoms with Crippen LogP contribution < -0.4 is 5.32 Å². The SMILES string of the molecule is CS(=O)(=O)N1CCN(C(=O)C(Cc2c[nH]c3ccccc23)NC(=O)c2cccs2)CC1. The molecule has 3 heterocycles. The first kappa shape index (κ1) is 21.5. The lowest BCUT2D eigenvalue weighted by molar-refractivity contribution is -0.134. The summed E-state index contributed by atoms with van der Waals surface area (Å²) in [6.45, 7) is 1.10. The number of aromatic amines is 1. The summed E-state index contributed by atoms with van der Waals surface area (Å²) in [5.74, 6) is -0.494. The third-order valence-electron chi connectivity index (χ3n) is 5.47. The van der Waals surface area contributed by atoms with Gasteiger partial charge in [-0.05, 0) is 23.1 Å². The minimum atomic E-state index is -3.29. The van der Waals surface area contributed by atoms with Crippen LogP contribution in [0.3, 0.4) is 0 Å². The summed E-state index contributed by atoms with van der Waals surface area (Å²) in [6, 6.07) is 10.6. The van der Waals surface area contributed by atoms with Crippen LogP contribution in [-0.2, 0) is 21.2 Å². The van der Waals surface area contributed by atoms with Crippen molar-refractivity contribution in [2.45, 2.75) is 12.5 Å². The standard InChI is InChI=1S/C21H24N4O4S2/c1-31(28,29)25-10-8-24(9-11-25)21(27)18(23-20(26)19-7-4-12-30-19)13-15-14-22-17-6-3-2-5-16(15)17/h2-7,12,14,18,22H,8-11,13H2,1H3,(H,23,26). The Hall–Kier alpha value is -2.69. The van der Waals surface area contributed by atoms with Gasteiger partial charge in [0.1, 0.15) is 6.04 Å². The number of carbonyl (C=O) groups excluding carboxylic acids is 2. The Balaban J connectivity index is 1.54. The van der Waals surface area contributed by atoms with E-state index in [2.05, 4.69) is 10.3 Å². The number of piperazine rings is 1. The number of hydrogen-bond acceptors (Lipinski definition) is 5. The predicted octanol–water partition coefficient (Wildman–Crippen LogP) is 1.67. The average Bonchev–Trinajstić information content (AvgIpc) is 3.43. The number of thiophene rings is 1. The molecule has 1 atom stereocenters. The molecule has 1 saturated heterocycles. The molecule has 0 spiro atoms. The van der Waals surface area contributed by atoms with Crippen molar-refractivity contribution in [1.82, 2.24) is 19.5 Å². The van der Waals surface area contributed by atoms with Gasteiger partial charge in [-0.3, -0.25) is 9.59 Å². The van der Waals surface area contributed by atoms with E-state index in [-0.39, 0.29) is 24.9 Å². The van der Waals surface area contributed by atoms with E-state index in [1.807, 2.05) is 35.8 Å². The van der Waals surface area contributed by atoms with Crippen LogP contribution in [-0.4, -0.2) is 72.9 Å². The Kier molecular flexibility index (Phi) is 6.12. The predicted molar refractivity (Wildman–Crippen MR) is 121 cm³/mol. The van der Waals surface area contributed by atoms with Crippen LogP contribution in [0, 0.1) is 0 Å². The molecule has 1 aromatic carbocycles. The van der Waals surface area contributed by atoms with Gasteiger partial charge in [-0.2, -0.15) is 4.31 Å². The molecule has 3 aromatic rings. The summed E-state index contributed by atoms with van der Waals surface area (Å²) in [5.41, 5.74) is 1.91. The topological polar surface area (TPSA) is 103 Å². The van der Waals surface area contributed by atoms with Crippen molar-refractivity contribution in [3.8, 4) is 0 Å². The summed E-state index contributed by atoms with van der Waals surface area (Å²) in [7, 11) is -3.29. The maximum absolute atomic E-state index is 13.4. The Morgan fingerprint density at radius 3 is 2.55 bits per heavy atom. The molecule has 1 unspecified atom stereocenters. The van der Waals surface area contributed by atoms with E-state index in [4.69, 9.17) is 0 Å². The molecule has 1 aliphatic rings. The summed E-state index contributed by atoms with van der Waals surface area (Å²) >= 11 is 1.32. The van der Waals surface area contributed by atoms with E-state index in [0.29, 0.717) is 24.4 Å². The molecule has 2 N–H and O–H groups in total. The summed E-state index contributed by atoms with van der Waals surface area (Å²) in [6.07, 6.45) is 3.38. The molecule has 31 heavy (non-hydrogen) atoms. The van der Waals surface area contributed by atoms with Crippen molar-refractivity contribution in [2.75, 3.05) is 32.4 Å². The van der Waals surface area contributed by atoms with E-state index >= 15 is 0 Å². The lowest BCUT2D eigenvalue weighted by atomic mass is 10.0. The minimum absolute atomic E-state index is 0.205. The van der Waals surface area contributed by atoms with Gasteiger partial charge < -0.3 is 15.2 Å². The molecular formula is C21H24N4O4S2. The third-order valence-corrected chi connectivity index (χ3v) is 7.64. The van der Waals surface area contributed by atoms with E-state index in [1.165, 1.54) is 21.9 Å². The number of carbonyl (C=O) groups is 2. The fourth-order valence-corrected chi connectivity index (χ4v) is 5.27. The van der Waals surface area contributed by atoms with Gasteiger partial charge in [0.15, 0.2) is 0 Å². The highest BCUT2D eigenvalue weighted by atomic mass is 32.2. The first-order valence-electron chi connectivity index (χ1n) is 9.96. The number of fused-ring (bicyclic) bond motifs is 1. The lowest BCUT2D eigenvalue weighted by Crippen LogP contribution is -2.56. The fraction of sp³-hybridized carbons (Fsp3) is 0.333. The van der Waals surface area contributed by atoms with Gasteiger partial charge in [0.2, 0.25) is 15.9 Å². The van der Waals surface area contributed by atoms with Crippen molar-refractivity contribution in [3.63, 3.8) is 0 Å². The van der Waals surface area contributed by atoms with E-state index in [9.17, 15) is 18.0 Å². The Bertz CT molecular complexity index is 1180. The Morgan fingerprint density at radius 2 is 1.87 bits per heavy atom. The molecule has 10 heteroatoms. The largest absolute Gasteiger partial charge is 0.361 e. The van der Waals surface area contributed by atoms with Gasteiger partial charge in [0.05, 0.1) is 11.1 Å². The van der Waals surface area contributed by atoms with Crippen molar-refractivity contribution in [3.05, 3.63) is 58.4 Å². The molecule has 4 rings (SSSR count). The van der Waals surface area contributed by atoms with Gasteiger partial charge in [0.25, 0.3) is 5.91 Å². The highest BCUT2D eigenvalue weighted by Crippen LogP contribution is 2.20. The second-order valence-corrected chi connectivity index (χ2v) is 10.5. The molecule has 0 saturated carbocycles. The number of hydrogen-bond donors (Lipinski definition) is 2. The highest BCUT2D eigenvalue weighted by Gasteiger charge is 2.31. The van der Waals surface area contributed by atoms with Crippen molar-refractivity contribution >= 4 is 44.1 Å². The molecule has 0 bridgehead atoms. The average molecular weight is 461 g/mol. The summed E-state index contributed by atoms with van der Waals surface area (Å²) < 4.78 is 24.9. The van der Waals surface area contributed by atoms with Gasteiger partial charge in [-0.25, -0.2) is 8.42 Å². The van der Waals surface area contributed by atoms with Crippen LogP contribution >= 0.6 is 11.3 Å². The van der Waals surface area contributed by atoms with Crippen LogP contribution in [0.15, 0.2) is 48.0 Å². The van der Waals surface area contributed by atoms with Crippen LogP contribution in [0.4, 0.5) is 0 Å². The number of sulfonamides is 1. The summed E-state index contributed by atoms with van der Waals surface area (Å²) in [5, 5.41) is 5.72.